The van der Waals surface area contributed by atoms with Crippen molar-refractivity contribution < 1.29 is 14.4 Å². The van der Waals surface area contributed by atoms with Crippen LogP contribution in [0.2, 0.25) is 0 Å². The molecule has 2 fully saturated rings. The van der Waals surface area contributed by atoms with Crippen molar-refractivity contribution in [3.8, 4) is 0 Å². The van der Waals surface area contributed by atoms with Crippen LogP contribution in [0.1, 0.15) is 33.3 Å². The van der Waals surface area contributed by atoms with E-state index in [2.05, 4.69) is 5.32 Å². The third-order valence-corrected chi connectivity index (χ3v) is 5.60. The van der Waals surface area contributed by atoms with Gasteiger partial charge in [0.15, 0.2) is 5.78 Å². The highest BCUT2D eigenvalue weighted by Gasteiger charge is 2.62. The summed E-state index contributed by atoms with van der Waals surface area (Å²) in [7, 11) is 0. The van der Waals surface area contributed by atoms with Crippen molar-refractivity contribution >= 4 is 28.9 Å². The number of anilines is 1. The number of amides is 2. The monoisotopic (exact) mass is 338 g/mol. The van der Waals surface area contributed by atoms with Crippen molar-refractivity contribution in [2.75, 3.05) is 4.90 Å². The normalized spacial score (nSPS) is 30.4. The maximum absolute atomic E-state index is 13.3. The Hall–Kier alpha value is -2.43. The second-order valence-corrected chi connectivity index (χ2v) is 8.23. The number of ketones is 1. The Labute approximate surface area is 147 Å². The number of rotatable bonds is 1. The van der Waals surface area contributed by atoms with Gasteiger partial charge in [0.05, 0.1) is 17.9 Å². The standard InChI is InChI=1S/C20H22N2O3/c1-10-9-13-14-15(19(25)21-18(14)24)16(17(23)20(2,3)4)22(13)12-8-6-5-7-11(10)12/h5-9,13-16H,1-4H3,(H,21,24,25)/t13-,14-,15+,16-/m0/s1. The molecule has 1 N–H and O–H groups in total. The molecule has 3 heterocycles. The SMILES string of the molecule is CC1=C[C@H]2[C@@H]3C(=O)NC(=O)[C@H]3[C@@H](C(=O)C(C)(C)C)N2c2ccccc21. The van der Waals surface area contributed by atoms with Crippen molar-refractivity contribution in [1.82, 2.24) is 5.32 Å². The largest absolute Gasteiger partial charge is 0.353 e. The van der Waals surface area contributed by atoms with Crippen LogP contribution in [0.4, 0.5) is 5.69 Å². The summed E-state index contributed by atoms with van der Waals surface area (Å²) in [5, 5.41) is 2.44. The predicted octanol–water partition coefficient (Wildman–Crippen LogP) is 2.16. The molecule has 5 nitrogen and oxygen atoms in total. The molecule has 0 saturated carbocycles. The number of hydrogen-bond donors (Lipinski definition) is 1. The molecule has 4 rings (SSSR count). The minimum Gasteiger partial charge on any atom is -0.353 e. The fourth-order valence-electron chi connectivity index (χ4n) is 4.46. The molecule has 1 aromatic carbocycles. The number of para-hydroxylation sites is 1. The number of benzene rings is 1. The van der Waals surface area contributed by atoms with Gasteiger partial charge in [-0.25, -0.2) is 0 Å². The zero-order valence-corrected chi connectivity index (χ0v) is 14.9. The maximum Gasteiger partial charge on any atom is 0.233 e. The van der Waals surface area contributed by atoms with E-state index in [0.29, 0.717) is 0 Å². The lowest BCUT2D eigenvalue weighted by atomic mass is 9.79. The summed E-state index contributed by atoms with van der Waals surface area (Å²) >= 11 is 0. The molecule has 1 aromatic rings. The molecular weight excluding hydrogens is 316 g/mol. The fraction of sp³-hybridized carbons (Fsp3) is 0.450. The molecule has 5 heteroatoms. The van der Waals surface area contributed by atoms with Crippen molar-refractivity contribution in [2.24, 2.45) is 17.3 Å². The maximum atomic E-state index is 13.3. The Morgan fingerprint density at radius 1 is 1.08 bits per heavy atom. The lowest BCUT2D eigenvalue weighted by Gasteiger charge is -2.39. The minimum absolute atomic E-state index is 0.00222. The molecule has 3 aliphatic rings. The average molecular weight is 338 g/mol. The molecule has 130 valence electrons. The van der Waals surface area contributed by atoms with Crippen LogP contribution in [-0.4, -0.2) is 29.7 Å². The van der Waals surface area contributed by atoms with E-state index in [-0.39, 0.29) is 23.6 Å². The molecule has 3 aliphatic heterocycles. The van der Waals surface area contributed by atoms with Gasteiger partial charge in [-0.2, -0.15) is 0 Å². The van der Waals surface area contributed by atoms with Gasteiger partial charge in [0.2, 0.25) is 11.8 Å². The Bertz CT molecular complexity index is 834. The summed E-state index contributed by atoms with van der Waals surface area (Å²) in [6.07, 6.45) is 2.04. The number of carbonyl (C=O) groups excluding carboxylic acids is 3. The summed E-state index contributed by atoms with van der Waals surface area (Å²) in [6.45, 7) is 7.61. The van der Waals surface area contributed by atoms with Crippen molar-refractivity contribution in [1.29, 1.82) is 0 Å². The van der Waals surface area contributed by atoms with Crippen LogP contribution >= 0.6 is 0 Å². The second-order valence-electron chi connectivity index (χ2n) is 8.23. The highest BCUT2D eigenvalue weighted by Crippen LogP contribution is 2.49. The number of Topliss-reactive ketones (excluding diaryl/α,β-unsaturated/α-hetero) is 1. The van der Waals surface area contributed by atoms with Gasteiger partial charge in [0, 0.05) is 16.7 Å². The van der Waals surface area contributed by atoms with Gasteiger partial charge >= 0.3 is 0 Å². The van der Waals surface area contributed by atoms with E-state index in [1.807, 2.05) is 62.9 Å². The van der Waals surface area contributed by atoms with E-state index in [1.54, 1.807) is 0 Å². The minimum atomic E-state index is -0.626. The molecule has 0 unspecified atom stereocenters. The summed E-state index contributed by atoms with van der Waals surface area (Å²) in [5.74, 6) is -1.72. The highest BCUT2D eigenvalue weighted by atomic mass is 16.2. The molecule has 0 radical (unpaired) electrons. The molecule has 0 aromatic heterocycles. The van der Waals surface area contributed by atoms with Gasteiger partial charge in [-0.1, -0.05) is 45.0 Å². The van der Waals surface area contributed by atoms with E-state index >= 15 is 0 Å². The lowest BCUT2D eigenvalue weighted by molar-refractivity contribution is -0.132. The van der Waals surface area contributed by atoms with Crippen LogP contribution in [-0.2, 0) is 14.4 Å². The first-order valence-electron chi connectivity index (χ1n) is 8.67. The molecule has 2 amide bonds. The molecule has 0 bridgehead atoms. The predicted molar refractivity (Wildman–Crippen MR) is 94.7 cm³/mol. The Morgan fingerprint density at radius 2 is 1.72 bits per heavy atom. The third kappa shape index (κ3) is 2.11. The van der Waals surface area contributed by atoms with Crippen LogP contribution < -0.4 is 10.2 Å². The van der Waals surface area contributed by atoms with E-state index in [0.717, 1.165) is 16.8 Å². The van der Waals surface area contributed by atoms with E-state index in [1.165, 1.54) is 0 Å². The molecular formula is C20H22N2O3. The Balaban J connectivity index is 1.93. The van der Waals surface area contributed by atoms with Crippen LogP contribution in [0.3, 0.4) is 0 Å². The lowest BCUT2D eigenvalue weighted by Crippen LogP contribution is -2.51. The number of imide groups is 1. The number of fused-ring (bicyclic) bond motifs is 5. The molecule has 25 heavy (non-hydrogen) atoms. The van der Waals surface area contributed by atoms with Gasteiger partial charge in [0.25, 0.3) is 0 Å². The fourth-order valence-corrected chi connectivity index (χ4v) is 4.46. The molecule has 2 saturated heterocycles. The molecule has 0 spiro atoms. The first-order valence-corrected chi connectivity index (χ1v) is 8.67. The Morgan fingerprint density at radius 3 is 2.40 bits per heavy atom. The topological polar surface area (TPSA) is 66.5 Å². The van der Waals surface area contributed by atoms with Crippen LogP contribution in [0.15, 0.2) is 30.3 Å². The van der Waals surface area contributed by atoms with Crippen LogP contribution in [0, 0.1) is 17.3 Å². The van der Waals surface area contributed by atoms with Crippen molar-refractivity contribution in [3.05, 3.63) is 35.9 Å². The van der Waals surface area contributed by atoms with Crippen LogP contribution in [0.5, 0.6) is 0 Å². The second kappa shape index (κ2) is 5.04. The quantitative estimate of drug-likeness (QED) is 0.797. The van der Waals surface area contributed by atoms with Crippen LogP contribution in [0.25, 0.3) is 5.57 Å². The molecule has 0 aliphatic carbocycles. The third-order valence-electron chi connectivity index (χ3n) is 5.60. The first kappa shape index (κ1) is 16.1. The van der Waals surface area contributed by atoms with E-state index in [4.69, 9.17) is 0 Å². The first-order chi connectivity index (χ1) is 11.7. The number of carbonyl (C=O) groups is 3. The van der Waals surface area contributed by atoms with Gasteiger partial charge < -0.3 is 4.90 Å². The van der Waals surface area contributed by atoms with Gasteiger partial charge in [0.1, 0.15) is 6.04 Å². The number of nitrogens with one attached hydrogen (secondary N) is 1. The zero-order valence-electron chi connectivity index (χ0n) is 14.9. The average Bonchev–Trinajstić information content (AvgIpc) is 3.02. The van der Waals surface area contributed by atoms with Gasteiger partial charge in [-0.05, 0) is 18.6 Å². The van der Waals surface area contributed by atoms with Gasteiger partial charge in [-0.3, -0.25) is 19.7 Å². The summed E-state index contributed by atoms with van der Waals surface area (Å²) in [6, 6.07) is 7.02. The Kier molecular flexibility index (Phi) is 3.24. The van der Waals surface area contributed by atoms with E-state index < -0.39 is 23.3 Å². The number of hydrogen-bond acceptors (Lipinski definition) is 4. The number of allylic oxidation sites excluding steroid dienone is 1. The van der Waals surface area contributed by atoms with E-state index in [9.17, 15) is 14.4 Å². The number of nitrogens with zero attached hydrogens (tertiary/aromatic N) is 1. The molecule has 4 atom stereocenters. The van der Waals surface area contributed by atoms with Gasteiger partial charge in [-0.15, -0.1) is 0 Å². The van der Waals surface area contributed by atoms with Crippen molar-refractivity contribution in [2.45, 2.75) is 39.8 Å². The zero-order chi connectivity index (χ0) is 18.1. The summed E-state index contributed by atoms with van der Waals surface area (Å²) in [5.41, 5.74) is 2.47. The smallest absolute Gasteiger partial charge is 0.233 e. The summed E-state index contributed by atoms with van der Waals surface area (Å²) < 4.78 is 0. The highest BCUT2D eigenvalue weighted by molar-refractivity contribution is 6.12. The summed E-state index contributed by atoms with van der Waals surface area (Å²) in [4.78, 5) is 40.2. The van der Waals surface area contributed by atoms with Crippen molar-refractivity contribution in [3.63, 3.8) is 0 Å².